The molecule has 1 N–H and O–H groups in total. The Bertz CT molecular complexity index is 762. The topological polar surface area (TPSA) is 49.4 Å². The average molecular weight is 323 g/mol. The van der Waals surface area contributed by atoms with Gasteiger partial charge in [-0.1, -0.05) is 35.9 Å². The third-order valence-corrected chi connectivity index (χ3v) is 5.12. The van der Waals surface area contributed by atoms with Crippen molar-refractivity contribution in [3.63, 3.8) is 0 Å². The standard InChI is InChI=1S/C15H15ClN2O2S/c16-13-7-3-8-14(11-13)17-21(19,20)18-10-4-6-12-5-1-2-9-15(12)18/h1-3,5,7-9,11,17H,4,6,10H2. The zero-order valence-electron chi connectivity index (χ0n) is 11.3. The molecule has 0 fully saturated rings. The lowest BCUT2D eigenvalue weighted by Gasteiger charge is -2.30. The Kier molecular flexibility index (Phi) is 3.78. The highest BCUT2D eigenvalue weighted by Gasteiger charge is 2.27. The average Bonchev–Trinajstić information content (AvgIpc) is 2.46. The Morgan fingerprint density at radius 1 is 1.10 bits per heavy atom. The van der Waals surface area contributed by atoms with E-state index in [2.05, 4.69) is 4.72 Å². The molecule has 0 atom stereocenters. The van der Waals surface area contributed by atoms with Crippen LogP contribution in [0.2, 0.25) is 5.02 Å². The van der Waals surface area contributed by atoms with Crippen LogP contribution in [0.25, 0.3) is 0 Å². The van der Waals surface area contributed by atoms with Gasteiger partial charge in [-0.15, -0.1) is 0 Å². The van der Waals surface area contributed by atoms with Gasteiger partial charge in [0.25, 0.3) is 0 Å². The molecule has 110 valence electrons. The summed E-state index contributed by atoms with van der Waals surface area (Å²) >= 11 is 5.89. The molecule has 0 spiro atoms. The van der Waals surface area contributed by atoms with E-state index in [1.807, 2.05) is 24.3 Å². The fourth-order valence-electron chi connectivity index (χ4n) is 2.50. The van der Waals surface area contributed by atoms with E-state index < -0.39 is 10.2 Å². The number of aryl methyl sites for hydroxylation is 1. The van der Waals surface area contributed by atoms with Gasteiger partial charge in [-0.2, -0.15) is 8.42 Å². The summed E-state index contributed by atoms with van der Waals surface area (Å²) in [6.07, 6.45) is 1.72. The van der Waals surface area contributed by atoms with Crippen LogP contribution in [0.4, 0.5) is 11.4 Å². The number of fused-ring (bicyclic) bond motifs is 1. The summed E-state index contributed by atoms with van der Waals surface area (Å²) in [7, 11) is -3.64. The second-order valence-corrected chi connectivity index (χ2v) is 6.95. The molecule has 3 rings (SSSR count). The number of nitrogens with zero attached hydrogens (tertiary/aromatic N) is 1. The van der Waals surface area contributed by atoms with Crippen LogP contribution in [-0.2, 0) is 16.6 Å². The fraction of sp³-hybridized carbons (Fsp3) is 0.200. The molecule has 0 aromatic heterocycles. The molecule has 0 bridgehead atoms. The van der Waals surface area contributed by atoms with Crippen LogP contribution in [0.1, 0.15) is 12.0 Å². The van der Waals surface area contributed by atoms with Crippen molar-refractivity contribution in [3.05, 3.63) is 59.1 Å². The highest BCUT2D eigenvalue weighted by Crippen LogP contribution is 2.29. The number of halogens is 1. The van der Waals surface area contributed by atoms with E-state index in [-0.39, 0.29) is 0 Å². The first-order chi connectivity index (χ1) is 10.1. The van der Waals surface area contributed by atoms with Crippen molar-refractivity contribution in [2.45, 2.75) is 12.8 Å². The number of benzene rings is 2. The van der Waals surface area contributed by atoms with Crippen LogP contribution in [0.5, 0.6) is 0 Å². The molecule has 2 aromatic carbocycles. The van der Waals surface area contributed by atoms with Gasteiger partial charge in [0, 0.05) is 11.6 Å². The smallest absolute Gasteiger partial charge is 0.267 e. The second-order valence-electron chi connectivity index (χ2n) is 4.92. The minimum absolute atomic E-state index is 0.463. The van der Waals surface area contributed by atoms with Gasteiger partial charge in [-0.05, 0) is 42.7 Å². The van der Waals surface area contributed by atoms with E-state index in [0.29, 0.717) is 17.3 Å². The van der Waals surface area contributed by atoms with Gasteiger partial charge in [-0.3, -0.25) is 9.03 Å². The van der Waals surface area contributed by atoms with Crippen molar-refractivity contribution in [3.8, 4) is 0 Å². The molecule has 0 radical (unpaired) electrons. The first-order valence-corrected chi connectivity index (χ1v) is 8.52. The highest BCUT2D eigenvalue weighted by molar-refractivity contribution is 7.94. The van der Waals surface area contributed by atoms with E-state index in [1.54, 1.807) is 24.3 Å². The number of hydrogen-bond donors (Lipinski definition) is 1. The molecule has 1 aliphatic heterocycles. The maximum atomic E-state index is 12.6. The van der Waals surface area contributed by atoms with E-state index >= 15 is 0 Å². The van der Waals surface area contributed by atoms with Crippen molar-refractivity contribution in [2.75, 3.05) is 15.6 Å². The molecular weight excluding hydrogens is 308 g/mol. The SMILES string of the molecule is O=S(=O)(Nc1cccc(Cl)c1)N1CCCc2ccccc21. The minimum atomic E-state index is -3.64. The van der Waals surface area contributed by atoms with E-state index in [1.165, 1.54) is 4.31 Å². The molecule has 4 nitrogen and oxygen atoms in total. The summed E-state index contributed by atoms with van der Waals surface area (Å²) in [4.78, 5) is 0. The maximum Gasteiger partial charge on any atom is 0.323 e. The molecule has 0 aliphatic carbocycles. The monoisotopic (exact) mass is 322 g/mol. The van der Waals surface area contributed by atoms with E-state index in [9.17, 15) is 8.42 Å². The van der Waals surface area contributed by atoms with Gasteiger partial charge in [0.1, 0.15) is 0 Å². The highest BCUT2D eigenvalue weighted by atomic mass is 35.5. The number of nitrogens with one attached hydrogen (secondary N) is 1. The second kappa shape index (κ2) is 5.58. The summed E-state index contributed by atoms with van der Waals surface area (Å²) in [5.74, 6) is 0. The Labute approximate surface area is 129 Å². The summed E-state index contributed by atoms with van der Waals surface area (Å²) in [6, 6.07) is 14.3. The van der Waals surface area contributed by atoms with Crippen LogP contribution in [0.3, 0.4) is 0 Å². The third kappa shape index (κ3) is 2.99. The van der Waals surface area contributed by atoms with Gasteiger partial charge in [0.15, 0.2) is 0 Å². The van der Waals surface area contributed by atoms with Crippen LogP contribution < -0.4 is 9.03 Å². The van der Waals surface area contributed by atoms with Gasteiger partial charge in [0.2, 0.25) is 0 Å². The predicted molar refractivity (Wildman–Crippen MR) is 86.1 cm³/mol. The van der Waals surface area contributed by atoms with Crippen molar-refractivity contribution < 1.29 is 8.42 Å². The van der Waals surface area contributed by atoms with Gasteiger partial charge < -0.3 is 0 Å². The Hall–Kier alpha value is -1.72. The lowest BCUT2D eigenvalue weighted by atomic mass is 10.0. The van der Waals surface area contributed by atoms with Crippen molar-refractivity contribution >= 4 is 33.2 Å². The van der Waals surface area contributed by atoms with Crippen LogP contribution >= 0.6 is 11.6 Å². The van der Waals surface area contributed by atoms with Crippen molar-refractivity contribution in [1.29, 1.82) is 0 Å². The predicted octanol–water partition coefficient (Wildman–Crippen LogP) is 3.45. The van der Waals surface area contributed by atoms with Gasteiger partial charge >= 0.3 is 10.2 Å². The normalized spacial score (nSPS) is 14.6. The molecule has 0 saturated heterocycles. The number of rotatable bonds is 3. The fourth-order valence-corrected chi connectivity index (χ4v) is 4.04. The number of hydrogen-bond acceptors (Lipinski definition) is 2. The number of anilines is 2. The molecule has 2 aromatic rings. The number of para-hydroxylation sites is 1. The Morgan fingerprint density at radius 2 is 1.90 bits per heavy atom. The third-order valence-electron chi connectivity index (χ3n) is 3.43. The maximum absolute atomic E-state index is 12.6. The molecule has 1 heterocycles. The molecule has 0 unspecified atom stereocenters. The molecule has 0 amide bonds. The first kappa shape index (κ1) is 14.2. The zero-order valence-corrected chi connectivity index (χ0v) is 12.9. The molecule has 1 aliphatic rings. The van der Waals surface area contributed by atoms with Gasteiger partial charge in [-0.25, -0.2) is 0 Å². The van der Waals surface area contributed by atoms with E-state index in [0.717, 1.165) is 24.1 Å². The molecular formula is C15H15ClN2O2S. The van der Waals surface area contributed by atoms with Crippen LogP contribution in [-0.4, -0.2) is 15.0 Å². The summed E-state index contributed by atoms with van der Waals surface area (Å²) in [5, 5.41) is 0.495. The molecule has 0 saturated carbocycles. The van der Waals surface area contributed by atoms with Gasteiger partial charge in [0.05, 0.1) is 11.4 Å². The largest absolute Gasteiger partial charge is 0.323 e. The Balaban J connectivity index is 1.93. The molecule has 6 heteroatoms. The summed E-state index contributed by atoms with van der Waals surface area (Å²) in [5.41, 5.74) is 2.27. The van der Waals surface area contributed by atoms with E-state index in [4.69, 9.17) is 11.6 Å². The Morgan fingerprint density at radius 3 is 2.71 bits per heavy atom. The zero-order chi connectivity index (χ0) is 14.9. The van der Waals surface area contributed by atoms with Crippen molar-refractivity contribution in [1.82, 2.24) is 0 Å². The van der Waals surface area contributed by atoms with Crippen LogP contribution in [0.15, 0.2) is 48.5 Å². The summed E-state index contributed by atoms with van der Waals surface area (Å²) < 4.78 is 29.2. The van der Waals surface area contributed by atoms with Crippen molar-refractivity contribution in [2.24, 2.45) is 0 Å². The lowest BCUT2D eigenvalue weighted by Crippen LogP contribution is -2.39. The quantitative estimate of drug-likeness (QED) is 0.941. The minimum Gasteiger partial charge on any atom is -0.267 e. The molecule has 21 heavy (non-hydrogen) atoms. The summed E-state index contributed by atoms with van der Waals surface area (Å²) in [6.45, 7) is 0.479. The van der Waals surface area contributed by atoms with Crippen LogP contribution in [0, 0.1) is 0 Å². The first-order valence-electron chi connectivity index (χ1n) is 6.70. The lowest BCUT2D eigenvalue weighted by molar-refractivity contribution is 0.592.